The molecule has 0 saturated carbocycles. The number of likely N-dealkylation sites (N-methyl/N-ethyl adjacent to an activating group) is 1. The molecule has 0 radical (unpaired) electrons. The number of benzene rings is 1. The summed E-state index contributed by atoms with van der Waals surface area (Å²) in [6.45, 7) is 0.825. The van der Waals surface area contributed by atoms with E-state index in [9.17, 15) is 13.2 Å². The minimum atomic E-state index is -3.74. The fourth-order valence-corrected chi connectivity index (χ4v) is 3.74. The van der Waals surface area contributed by atoms with Gasteiger partial charge >= 0.3 is 0 Å². The number of nitrogens with one attached hydrogen (secondary N) is 1. The number of amides is 1. The van der Waals surface area contributed by atoms with E-state index in [-0.39, 0.29) is 30.6 Å². The molecule has 0 aromatic heterocycles. The van der Waals surface area contributed by atoms with E-state index < -0.39 is 16.1 Å². The zero-order chi connectivity index (χ0) is 15.5. The molecule has 1 aliphatic rings. The van der Waals surface area contributed by atoms with Crippen LogP contribution in [0.2, 0.25) is 0 Å². The Morgan fingerprint density at radius 2 is 2.10 bits per heavy atom. The highest BCUT2D eigenvalue weighted by molar-refractivity contribution is 7.89. The molecule has 2 rings (SSSR count). The van der Waals surface area contributed by atoms with Crippen LogP contribution in [0.25, 0.3) is 0 Å². The van der Waals surface area contributed by atoms with E-state index >= 15 is 0 Å². The summed E-state index contributed by atoms with van der Waals surface area (Å²) in [6, 6.07) is 5.51. The molecule has 7 nitrogen and oxygen atoms in total. The molecular weight excluding hydrogens is 294 g/mol. The summed E-state index contributed by atoms with van der Waals surface area (Å²) in [5.74, 6) is -0.378. The lowest BCUT2D eigenvalue weighted by molar-refractivity contribution is -0.128. The minimum Gasteiger partial charge on any atom is -0.378 e. The van der Waals surface area contributed by atoms with Gasteiger partial charge in [0.15, 0.2) is 0 Å². The Balaban J connectivity index is 2.33. The third-order valence-corrected chi connectivity index (χ3v) is 5.32. The second kappa shape index (κ2) is 6.52. The van der Waals surface area contributed by atoms with Crippen molar-refractivity contribution in [2.24, 2.45) is 5.73 Å². The lowest BCUT2D eigenvalue weighted by Gasteiger charge is -2.33. The molecule has 1 aromatic carbocycles. The van der Waals surface area contributed by atoms with Crippen molar-refractivity contribution in [3.8, 4) is 0 Å². The SMILES string of the molecule is CNC(=O)C1COCCN1S(=O)(=O)c1ccc(CN)cc1. The molecule has 1 unspecified atom stereocenters. The summed E-state index contributed by atoms with van der Waals surface area (Å²) in [5, 5.41) is 2.46. The maximum absolute atomic E-state index is 12.7. The molecule has 1 atom stereocenters. The smallest absolute Gasteiger partial charge is 0.243 e. The zero-order valence-electron chi connectivity index (χ0n) is 11.8. The first kappa shape index (κ1) is 15.9. The van der Waals surface area contributed by atoms with E-state index in [1.807, 2.05) is 0 Å². The van der Waals surface area contributed by atoms with Crippen LogP contribution >= 0.6 is 0 Å². The number of morpholine rings is 1. The summed E-state index contributed by atoms with van der Waals surface area (Å²) in [4.78, 5) is 12.0. The summed E-state index contributed by atoms with van der Waals surface area (Å²) in [7, 11) is -2.27. The summed E-state index contributed by atoms with van der Waals surface area (Å²) in [5.41, 5.74) is 6.35. The zero-order valence-corrected chi connectivity index (χ0v) is 12.6. The maximum Gasteiger partial charge on any atom is 0.243 e. The van der Waals surface area contributed by atoms with Gasteiger partial charge in [-0.3, -0.25) is 4.79 Å². The number of hydrogen-bond donors (Lipinski definition) is 2. The molecule has 21 heavy (non-hydrogen) atoms. The highest BCUT2D eigenvalue weighted by Gasteiger charge is 2.37. The van der Waals surface area contributed by atoms with Crippen LogP contribution in [0.15, 0.2) is 29.2 Å². The number of carbonyl (C=O) groups is 1. The molecule has 8 heteroatoms. The van der Waals surface area contributed by atoms with Crippen molar-refractivity contribution in [1.29, 1.82) is 0 Å². The molecule has 0 bridgehead atoms. The fourth-order valence-electron chi connectivity index (χ4n) is 2.18. The number of sulfonamides is 1. The van der Waals surface area contributed by atoms with Crippen LogP contribution < -0.4 is 11.1 Å². The molecular formula is C13H19N3O4S. The Kier molecular flexibility index (Phi) is 4.94. The molecule has 1 aromatic rings. The molecule has 3 N–H and O–H groups in total. The van der Waals surface area contributed by atoms with Crippen molar-refractivity contribution >= 4 is 15.9 Å². The number of ether oxygens (including phenoxy) is 1. The van der Waals surface area contributed by atoms with Crippen LogP contribution in [0.5, 0.6) is 0 Å². The molecule has 116 valence electrons. The lowest BCUT2D eigenvalue weighted by Crippen LogP contribution is -2.55. The average molecular weight is 313 g/mol. The van der Waals surface area contributed by atoms with Crippen LogP contribution in [-0.2, 0) is 26.1 Å². The monoisotopic (exact) mass is 313 g/mol. The Morgan fingerprint density at radius 3 is 2.67 bits per heavy atom. The van der Waals surface area contributed by atoms with E-state index in [4.69, 9.17) is 10.5 Å². The number of hydrogen-bond acceptors (Lipinski definition) is 5. The van der Waals surface area contributed by atoms with Crippen LogP contribution in [0.4, 0.5) is 0 Å². The molecule has 1 fully saturated rings. The first-order valence-corrected chi connectivity index (χ1v) is 8.05. The van der Waals surface area contributed by atoms with Crippen molar-refractivity contribution in [3.63, 3.8) is 0 Å². The van der Waals surface area contributed by atoms with Gasteiger partial charge in [0.1, 0.15) is 6.04 Å². The summed E-state index contributed by atoms with van der Waals surface area (Å²) >= 11 is 0. The topological polar surface area (TPSA) is 102 Å². The first-order valence-electron chi connectivity index (χ1n) is 6.61. The molecule has 1 amide bonds. The molecule has 1 aliphatic heterocycles. The van der Waals surface area contributed by atoms with E-state index in [1.165, 1.54) is 23.5 Å². The molecule has 1 saturated heterocycles. The number of nitrogens with zero attached hydrogens (tertiary/aromatic N) is 1. The predicted molar refractivity (Wildman–Crippen MR) is 76.9 cm³/mol. The second-order valence-electron chi connectivity index (χ2n) is 4.67. The lowest BCUT2D eigenvalue weighted by atomic mass is 10.2. The van der Waals surface area contributed by atoms with Crippen LogP contribution in [0.1, 0.15) is 5.56 Å². The minimum absolute atomic E-state index is 0.0553. The van der Waals surface area contributed by atoms with E-state index in [0.717, 1.165) is 5.56 Å². The Morgan fingerprint density at radius 1 is 1.43 bits per heavy atom. The highest BCUT2D eigenvalue weighted by atomic mass is 32.2. The largest absolute Gasteiger partial charge is 0.378 e. The Bertz CT molecular complexity index is 600. The number of rotatable bonds is 4. The normalized spacial score (nSPS) is 20.2. The van der Waals surface area contributed by atoms with Gasteiger partial charge in [0, 0.05) is 20.1 Å². The van der Waals surface area contributed by atoms with Crippen molar-refractivity contribution in [2.75, 3.05) is 26.8 Å². The summed E-state index contributed by atoms with van der Waals surface area (Å²) < 4.78 is 31.8. The van der Waals surface area contributed by atoms with Crippen LogP contribution in [-0.4, -0.2) is 51.5 Å². The van der Waals surface area contributed by atoms with Crippen molar-refractivity contribution in [3.05, 3.63) is 29.8 Å². The predicted octanol–water partition coefficient (Wildman–Crippen LogP) is -0.719. The van der Waals surface area contributed by atoms with Gasteiger partial charge in [0.2, 0.25) is 15.9 Å². The van der Waals surface area contributed by atoms with Crippen molar-refractivity contribution < 1.29 is 17.9 Å². The van der Waals surface area contributed by atoms with Crippen LogP contribution in [0, 0.1) is 0 Å². The standard InChI is InChI=1S/C13H19N3O4S/c1-15-13(17)12-9-20-7-6-16(12)21(18,19)11-4-2-10(8-14)3-5-11/h2-5,12H,6-9,14H2,1H3,(H,15,17). The van der Waals surface area contributed by atoms with Gasteiger partial charge in [-0.25, -0.2) is 8.42 Å². The van der Waals surface area contributed by atoms with Crippen LogP contribution in [0.3, 0.4) is 0 Å². The Hall–Kier alpha value is -1.48. The number of carbonyl (C=O) groups excluding carboxylic acids is 1. The van der Waals surface area contributed by atoms with Gasteiger partial charge in [-0.15, -0.1) is 0 Å². The van der Waals surface area contributed by atoms with E-state index in [0.29, 0.717) is 6.54 Å². The van der Waals surface area contributed by atoms with Crippen molar-refractivity contribution in [2.45, 2.75) is 17.5 Å². The van der Waals surface area contributed by atoms with E-state index in [2.05, 4.69) is 5.32 Å². The van der Waals surface area contributed by atoms with Crippen molar-refractivity contribution in [1.82, 2.24) is 9.62 Å². The van der Waals surface area contributed by atoms with Gasteiger partial charge < -0.3 is 15.8 Å². The second-order valence-corrected chi connectivity index (χ2v) is 6.56. The van der Waals surface area contributed by atoms with Gasteiger partial charge in [0.25, 0.3) is 0 Å². The van der Waals surface area contributed by atoms with Gasteiger partial charge in [-0.2, -0.15) is 4.31 Å². The third kappa shape index (κ3) is 3.24. The van der Waals surface area contributed by atoms with Gasteiger partial charge in [-0.1, -0.05) is 12.1 Å². The molecule has 1 heterocycles. The fraction of sp³-hybridized carbons (Fsp3) is 0.462. The highest BCUT2D eigenvalue weighted by Crippen LogP contribution is 2.21. The van der Waals surface area contributed by atoms with Gasteiger partial charge in [-0.05, 0) is 17.7 Å². The summed E-state index contributed by atoms with van der Waals surface area (Å²) in [6.07, 6.45) is 0. The first-order chi connectivity index (χ1) is 10.0. The average Bonchev–Trinajstić information content (AvgIpc) is 2.54. The third-order valence-electron chi connectivity index (χ3n) is 3.39. The Labute approximate surface area is 124 Å². The molecule has 0 spiro atoms. The van der Waals surface area contributed by atoms with E-state index in [1.54, 1.807) is 12.1 Å². The quantitative estimate of drug-likeness (QED) is 0.764. The molecule has 0 aliphatic carbocycles. The number of nitrogens with two attached hydrogens (primary N) is 1. The van der Waals surface area contributed by atoms with Gasteiger partial charge in [0.05, 0.1) is 18.1 Å². The maximum atomic E-state index is 12.7.